The SMILES string of the molecule is CC1C(NC(=O)N2CCN(C)CC2)CC2C(C)(C)CCCC2(C)C1CNC(=O)c1cccnc1. The zero-order chi connectivity index (χ0) is 24.5. The van der Waals surface area contributed by atoms with E-state index >= 15 is 0 Å². The number of nitrogens with one attached hydrogen (secondary N) is 2. The molecule has 7 nitrogen and oxygen atoms in total. The number of nitrogens with zero attached hydrogens (tertiary/aromatic N) is 3. The maximum absolute atomic E-state index is 13.2. The van der Waals surface area contributed by atoms with Crippen LogP contribution in [-0.2, 0) is 0 Å². The average molecular weight is 470 g/mol. The highest BCUT2D eigenvalue weighted by molar-refractivity contribution is 5.93. The lowest BCUT2D eigenvalue weighted by Gasteiger charge is -2.61. The van der Waals surface area contributed by atoms with E-state index in [1.165, 1.54) is 19.3 Å². The molecule has 5 unspecified atom stereocenters. The van der Waals surface area contributed by atoms with Crippen LogP contribution < -0.4 is 10.6 Å². The van der Waals surface area contributed by atoms with Crippen molar-refractivity contribution in [2.75, 3.05) is 39.8 Å². The molecule has 34 heavy (non-hydrogen) atoms. The normalized spacial score (nSPS) is 33.6. The van der Waals surface area contributed by atoms with Crippen molar-refractivity contribution in [3.8, 4) is 0 Å². The Morgan fingerprint density at radius 3 is 2.56 bits per heavy atom. The second-order valence-corrected chi connectivity index (χ2v) is 11.9. The van der Waals surface area contributed by atoms with Crippen LogP contribution in [-0.4, -0.2) is 72.5 Å². The first-order valence-corrected chi connectivity index (χ1v) is 13.0. The lowest BCUT2D eigenvalue weighted by molar-refractivity contribution is -0.102. The summed E-state index contributed by atoms with van der Waals surface area (Å²) >= 11 is 0. The zero-order valence-corrected chi connectivity index (χ0v) is 21.6. The predicted octanol–water partition coefficient (Wildman–Crippen LogP) is 3.63. The van der Waals surface area contributed by atoms with E-state index in [9.17, 15) is 9.59 Å². The smallest absolute Gasteiger partial charge is 0.317 e. The lowest BCUT2D eigenvalue weighted by Crippen LogP contribution is -2.62. The van der Waals surface area contributed by atoms with E-state index in [2.05, 4.69) is 55.3 Å². The minimum absolute atomic E-state index is 0.0697. The van der Waals surface area contributed by atoms with E-state index in [0.29, 0.717) is 23.9 Å². The molecule has 0 spiro atoms. The summed E-state index contributed by atoms with van der Waals surface area (Å²) in [7, 11) is 2.11. The van der Waals surface area contributed by atoms with E-state index in [0.717, 1.165) is 32.6 Å². The fourth-order valence-corrected chi connectivity index (χ4v) is 7.22. The predicted molar refractivity (Wildman–Crippen MR) is 134 cm³/mol. The fraction of sp³-hybridized carbons (Fsp3) is 0.741. The highest BCUT2D eigenvalue weighted by Gasteiger charge is 2.56. The van der Waals surface area contributed by atoms with E-state index in [4.69, 9.17) is 0 Å². The number of likely N-dealkylation sites (N-methyl/N-ethyl adjacent to an activating group) is 1. The summed E-state index contributed by atoms with van der Waals surface area (Å²) < 4.78 is 0. The van der Waals surface area contributed by atoms with Gasteiger partial charge in [0.2, 0.25) is 0 Å². The molecule has 0 aromatic carbocycles. The van der Waals surface area contributed by atoms with Gasteiger partial charge in [-0.1, -0.05) is 34.1 Å². The van der Waals surface area contributed by atoms with Crippen LogP contribution in [0.25, 0.3) is 0 Å². The Balaban J connectivity index is 1.52. The van der Waals surface area contributed by atoms with Gasteiger partial charge in [-0.3, -0.25) is 9.78 Å². The number of rotatable bonds is 4. The zero-order valence-electron chi connectivity index (χ0n) is 21.6. The number of fused-ring (bicyclic) bond motifs is 1. The Hall–Kier alpha value is -2.15. The van der Waals surface area contributed by atoms with Gasteiger partial charge < -0.3 is 20.4 Å². The monoisotopic (exact) mass is 469 g/mol. The molecular weight excluding hydrogens is 426 g/mol. The fourth-order valence-electron chi connectivity index (χ4n) is 7.22. The minimum Gasteiger partial charge on any atom is -0.352 e. The summed E-state index contributed by atoms with van der Waals surface area (Å²) in [5.41, 5.74) is 0.949. The number of pyridine rings is 1. The molecule has 2 heterocycles. The number of amides is 3. The van der Waals surface area contributed by atoms with Crippen molar-refractivity contribution in [3.05, 3.63) is 30.1 Å². The van der Waals surface area contributed by atoms with Gasteiger partial charge >= 0.3 is 6.03 Å². The van der Waals surface area contributed by atoms with Crippen molar-refractivity contribution < 1.29 is 9.59 Å². The average Bonchev–Trinajstić information content (AvgIpc) is 2.80. The molecule has 4 rings (SSSR count). The summed E-state index contributed by atoms with van der Waals surface area (Å²) in [6, 6.07) is 3.78. The minimum atomic E-state index is -0.0703. The summed E-state index contributed by atoms with van der Waals surface area (Å²) in [6.45, 7) is 13.5. The third-order valence-electron chi connectivity index (χ3n) is 9.39. The molecule has 0 radical (unpaired) electrons. The van der Waals surface area contributed by atoms with Crippen LogP contribution in [0.15, 0.2) is 24.5 Å². The molecule has 188 valence electrons. The summed E-state index contributed by atoms with van der Waals surface area (Å²) in [5.74, 6) is 1.01. The highest BCUT2D eigenvalue weighted by Crippen LogP contribution is 2.61. The highest BCUT2D eigenvalue weighted by atomic mass is 16.2. The van der Waals surface area contributed by atoms with Gasteiger partial charge in [-0.25, -0.2) is 4.79 Å². The first-order chi connectivity index (χ1) is 16.1. The largest absolute Gasteiger partial charge is 0.352 e. The molecule has 3 amide bonds. The number of aromatic nitrogens is 1. The Morgan fingerprint density at radius 1 is 1.15 bits per heavy atom. The van der Waals surface area contributed by atoms with E-state index in [1.54, 1.807) is 24.5 Å². The van der Waals surface area contributed by atoms with Crippen LogP contribution in [0.2, 0.25) is 0 Å². The number of piperazine rings is 1. The Bertz CT molecular complexity index is 867. The number of hydrogen-bond donors (Lipinski definition) is 2. The molecule has 3 aliphatic rings. The molecule has 1 aromatic heterocycles. The summed E-state index contributed by atoms with van der Waals surface area (Å²) in [5, 5.41) is 6.66. The van der Waals surface area contributed by atoms with Crippen LogP contribution in [0.4, 0.5) is 4.79 Å². The van der Waals surface area contributed by atoms with Crippen molar-refractivity contribution in [1.29, 1.82) is 0 Å². The van der Waals surface area contributed by atoms with Gasteiger partial charge in [0.1, 0.15) is 0 Å². The lowest BCUT2D eigenvalue weighted by atomic mass is 9.45. The van der Waals surface area contributed by atoms with Gasteiger partial charge in [-0.2, -0.15) is 0 Å². The van der Waals surface area contributed by atoms with Crippen LogP contribution in [0.3, 0.4) is 0 Å². The van der Waals surface area contributed by atoms with Crippen LogP contribution in [0.1, 0.15) is 63.7 Å². The van der Waals surface area contributed by atoms with Crippen molar-refractivity contribution in [2.45, 2.75) is 59.4 Å². The molecule has 1 aliphatic heterocycles. The summed E-state index contributed by atoms with van der Waals surface area (Å²) in [6.07, 6.45) is 7.93. The molecule has 0 bridgehead atoms. The number of hydrogen-bond acceptors (Lipinski definition) is 4. The molecule has 7 heteroatoms. The summed E-state index contributed by atoms with van der Waals surface area (Å²) in [4.78, 5) is 34.4. The second kappa shape index (κ2) is 9.84. The topological polar surface area (TPSA) is 77.6 Å². The Labute approximate surface area is 205 Å². The van der Waals surface area contributed by atoms with Crippen molar-refractivity contribution in [2.24, 2.45) is 28.6 Å². The van der Waals surface area contributed by atoms with Crippen molar-refractivity contribution >= 4 is 11.9 Å². The number of urea groups is 1. The van der Waals surface area contributed by atoms with E-state index in [-0.39, 0.29) is 34.7 Å². The molecule has 2 N–H and O–H groups in total. The van der Waals surface area contributed by atoms with E-state index in [1.807, 2.05) is 4.90 Å². The van der Waals surface area contributed by atoms with E-state index < -0.39 is 0 Å². The molecule has 2 aliphatic carbocycles. The molecule has 2 saturated carbocycles. The first-order valence-electron chi connectivity index (χ1n) is 13.0. The number of carbonyl (C=O) groups is 2. The molecule has 5 atom stereocenters. The van der Waals surface area contributed by atoms with Gasteiger partial charge in [0, 0.05) is 51.2 Å². The van der Waals surface area contributed by atoms with Crippen molar-refractivity contribution in [1.82, 2.24) is 25.4 Å². The molecule has 1 aromatic rings. The van der Waals surface area contributed by atoms with Gasteiger partial charge in [0.25, 0.3) is 5.91 Å². The van der Waals surface area contributed by atoms with Gasteiger partial charge in [-0.05, 0) is 67.0 Å². The third kappa shape index (κ3) is 4.95. The van der Waals surface area contributed by atoms with Crippen LogP contribution in [0, 0.1) is 28.6 Å². The molecule has 3 fully saturated rings. The van der Waals surface area contributed by atoms with Gasteiger partial charge in [0.15, 0.2) is 0 Å². The first kappa shape index (κ1) is 25.0. The van der Waals surface area contributed by atoms with Crippen molar-refractivity contribution in [3.63, 3.8) is 0 Å². The maximum Gasteiger partial charge on any atom is 0.317 e. The van der Waals surface area contributed by atoms with Gasteiger partial charge in [0.05, 0.1) is 5.56 Å². The molecule has 1 saturated heterocycles. The second-order valence-electron chi connectivity index (χ2n) is 11.9. The van der Waals surface area contributed by atoms with Crippen LogP contribution in [0.5, 0.6) is 0 Å². The standard InChI is InChI=1S/C27H43N5O2/c1-19-21(18-29-24(33)20-8-6-11-28-17-20)27(4)10-7-9-26(2,3)23(27)16-22(19)30-25(34)32-14-12-31(5)13-15-32/h6,8,11,17,19,21-23H,7,9-10,12-16,18H2,1-5H3,(H,29,33)(H,30,34). The molecular formula is C27H43N5O2. The quantitative estimate of drug-likeness (QED) is 0.706. The van der Waals surface area contributed by atoms with Gasteiger partial charge in [-0.15, -0.1) is 0 Å². The Morgan fingerprint density at radius 2 is 1.88 bits per heavy atom. The number of carbonyl (C=O) groups excluding carboxylic acids is 2. The Kier molecular flexibility index (Phi) is 7.22. The maximum atomic E-state index is 13.2. The van der Waals surface area contributed by atoms with Crippen LogP contribution >= 0.6 is 0 Å². The third-order valence-corrected chi connectivity index (χ3v) is 9.39.